The Morgan fingerprint density at radius 2 is 1.72 bits per heavy atom. The maximum absolute atomic E-state index is 12.5. The monoisotopic (exact) mass is 426 g/mol. The van der Waals surface area contributed by atoms with Crippen LogP contribution in [0, 0.1) is 0 Å². The Balaban J connectivity index is 2.27. The van der Waals surface area contributed by atoms with E-state index in [9.17, 15) is 18.0 Å². The minimum Gasteiger partial charge on any atom is -0.462 e. The molecule has 3 N–H and O–H groups in total. The van der Waals surface area contributed by atoms with Crippen molar-refractivity contribution in [3.63, 3.8) is 0 Å². The van der Waals surface area contributed by atoms with Crippen LogP contribution in [-0.2, 0) is 14.8 Å². The number of nitrogens with two attached hydrogens (primary N) is 1. The lowest BCUT2D eigenvalue weighted by molar-refractivity contribution is 0.0526. The Morgan fingerprint density at radius 1 is 1.12 bits per heavy atom. The van der Waals surface area contributed by atoms with Crippen molar-refractivity contribution in [3.8, 4) is 0 Å². The zero-order valence-corrected chi connectivity index (χ0v) is 15.6. The van der Waals surface area contributed by atoms with E-state index in [2.05, 4.69) is 20.7 Å². The van der Waals surface area contributed by atoms with Crippen LogP contribution in [-0.4, -0.2) is 26.9 Å². The highest BCUT2D eigenvalue weighted by Crippen LogP contribution is 2.26. The van der Waals surface area contributed by atoms with Crippen molar-refractivity contribution in [1.29, 1.82) is 0 Å². The molecule has 0 aliphatic carbocycles. The number of hydrogen-bond acceptors (Lipinski definition) is 5. The van der Waals surface area contributed by atoms with Crippen molar-refractivity contribution >= 4 is 43.5 Å². The maximum atomic E-state index is 12.5. The van der Waals surface area contributed by atoms with Gasteiger partial charge >= 0.3 is 5.97 Å². The number of halogens is 1. The molecule has 2 aromatic rings. The lowest BCUT2D eigenvalue weighted by atomic mass is 10.2. The van der Waals surface area contributed by atoms with Crippen LogP contribution in [0.3, 0.4) is 0 Å². The molecule has 0 bridgehead atoms. The van der Waals surface area contributed by atoms with Crippen molar-refractivity contribution < 1.29 is 22.7 Å². The third-order valence-corrected chi connectivity index (χ3v) is 5.51. The van der Waals surface area contributed by atoms with Gasteiger partial charge < -0.3 is 10.5 Å². The van der Waals surface area contributed by atoms with Crippen LogP contribution in [0.4, 0.5) is 5.69 Å². The average Bonchev–Trinajstić information content (AvgIpc) is 2.54. The number of amides is 1. The summed E-state index contributed by atoms with van der Waals surface area (Å²) in [6, 6.07) is 9.74. The number of ether oxygens (including phenoxy) is 1. The summed E-state index contributed by atoms with van der Waals surface area (Å²) >= 11 is 3.16. The highest BCUT2D eigenvalue weighted by molar-refractivity contribution is 9.10. The molecule has 2 aromatic carbocycles. The van der Waals surface area contributed by atoms with E-state index in [1.54, 1.807) is 6.92 Å². The molecular weight excluding hydrogens is 412 g/mol. The van der Waals surface area contributed by atoms with Crippen LogP contribution in [0.25, 0.3) is 0 Å². The molecule has 0 heterocycles. The van der Waals surface area contributed by atoms with E-state index in [4.69, 9.17) is 10.5 Å². The van der Waals surface area contributed by atoms with Gasteiger partial charge in [0.2, 0.25) is 5.91 Å². The molecule has 1 amide bonds. The van der Waals surface area contributed by atoms with Gasteiger partial charge in [0.05, 0.1) is 12.2 Å². The zero-order valence-electron chi connectivity index (χ0n) is 13.2. The Bertz CT molecular complexity index is 911. The number of carbonyl (C=O) groups is 2. The Labute approximate surface area is 153 Å². The quantitative estimate of drug-likeness (QED) is 0.688. The van der Waals surface area contributed by atoms with E-state index in [0.29, 0.717) is 0 Å². The second-order valence-corrected chi connectivity index (χ2v) is 7.42. The molecule has 0 aliphatic rings. The summed E-state index contributed by atoms with van der Waals surface area (Å²) in [5, 5.41) is 0. The molecule has 0 unspecified atom stereocenters. The van der Waals surface area contributed by atoms with E-state index < -0.39 is 21.9 Å². The van der Waals surface area contributed by atoms with Gasteiger partial charge in [-0.1, -0.05) is 0 Å². The number of esters is 1. The fourth-order valence-corrected chi connectivity index (χ4v) is 4.11. The van der Waals surface area contributed by atoms with E-state index >= 15 is 0 Å². The normalized spacial score (nSPS) is 11.0. The summed E-state index contributed by atoms with van der Waals surface area (Å²) in [7, 11) is -3.90. The number of carbonyl (C=O) groups excluding carboxylic acids is 2. The fraction of sp³-hybridized carbons (Fsp3) is 0.125. The molecule has 0 aliphatic heterocycles. The number of hydrogen-bond donors (Lipinski definition) is 2. The average molecular weight is 427 g/mol. The molecule has 9 heteroatoms. The van der Waals surface area contributed by atoms with Crippen molar-refractivity contribution in [1.82, 2.24) is 0 Å². The van der Waals surface area contributed by atoms with Crippen LogP contribution in [0.15, 0.2) is 51.8 Å². The second kappa shape index (κ2) is 7.66. The molecule has 0 aromatic heterocycles. The fourth-order valence-electron chi connectivity index (χ4n) is 1.97. The Hall–Kier alpha value is -2.39. The summed E-state index contributed by atoms with van der Waals surface area (Å²) in [4.78, 5) is 22.7. The first-order valence-electron chi connectivity index (χ1n) is 7.14. The van der Waals surface area contributed by atoms with Gasteiger partial charge in [-0.15, -0.1) is 0 Å². The third kappa shape index (κ3) is 4.58. The molecule has 0 radical (unpaired) electrons. The first-order valence-corrected chi connectivity index (χ1v) is 9.41. The number of nitrogens with one attached hydrogen (secondary N) is 1. The number of rotatable bonds is 6. The van der Waals surface area contributed by atoms with Crippen LogP contribution >= 0.6 is 15.9 Å². The van der Waals surface area contributed by atoms with Gasteiger partial charge in [-0.2, -0.15) is 0 Å². The number of anilines is 1. The zero-order chi connectivity index (χ0) is 18.6. The van der Waals surface area contributed by atoms with Gasteiger partial charge in [-0.05, 0) is 65.3 Å². The van der Waals surface area contributed by atoms with Crippen molar-refractivity contribution in [2.24, 2.45) is 5.73 Å². The molecular formula is C16H15BrN2O5S. The second-order valence-electron chi connectivity index (χ2n) is 4.91. The van der Waals surface area contributed by atoms with Gasteiger partial charge in [0, 0.05) is 15.7 Å². The maximum Gasteiger partial charge on any atom is 0.338 e. The Kier molecular flexibility index (Phi) is 5.81. The molecule has 0 spiro atoms. The summed E-state index contributed by atoms with van der Waals surface area (Å²) in [5.41, 5.74) is 5.91. The van der Waals surface area contributed by atoms with E-state index in [1.807, 2.05) is 0 Å². The molecule has 2 rings (SSSR count). The third-order valence-electron chi connectivity index (χ3n) is 3.15. The molecule has 0 saturated heterocycles. The minimum atomic E-state index is -3.90. The van der Waals surface area contributed by atoms with Crippen LogP contribution in [0.2, 0.25) is 0 Å². The summed E-state index contributed by atoms with van der Waals surface area (Å²) in [6.07, 6.45) is 0. The summed E-state index contributed by atoms with van der Waals surface area (Å²) < 4.78 is 32.5. The summed E-state index contributed by atoms with van der Waals surface area (Å²) in [6.45, 7) is 1.90. The molecule has 0 saturated carbocycles. The minimum absolute atomic E-state index is 0.0421. The topological polar surface area (TPSA) is 116 Å². The first-order chi connectivity index (χ1) is 11.7. The van der Waals surface area contributed by atoms with Gasteiger partial charge in [0.25, 0.3) is 10.0 Å². The summed E-state index contributed by atoms with van der Waals surface area (Å²) in [5.74, 6) is -1.14. The van der Waals surface area contributed by atoms with Crippen LogP contribution in [0.1, 0.15) is 27.6 Å². The number of primary amides is 1. The predicted octanol–water partition coefficient (Wildman–Crippen LogP) is 2.53. The molecule has 132 valence electrons. The van der Waals surface area contributed by atoms with E-state index in [1.165, 1.54) is 42.5 Å². The largest absolute Gasteiger partial charge is 0.462 e. The lowest BCUT2D eigenvalue weighted by Gasteiger charge is -2.11. The van der Waals surface area contributed by atoms with Gasteiger partial charge in [0.15, 0.2) is 0 Å². The Morgan fingerprint density at radius 3 is 2.24 bits per heavy atom. The number of sulfonamides is 1. The van der Waals surface area contributed by atoms with Crippen molar-refractivity contribution in [3.05, 3.63) is 58.1 Å². The number of benzene rings is 2. The molecule has 25 heavy (non-hydrogen) atoms. The first kappa shape index (κ1) is 18.9. The SMILES string of the molecule is CCOC(=O)c1ccc(S(=O)(=O)Nc2ccc(C(N)=O)cc2)c(Br)c1. The lowest BCUT2D eigenvalue weighted by Crippen LogP contribution is -2.15. The van der Waals surface area contributed by atoms with Gasteiger partial charge in [-0.25, -0.2) is 13.2 Å². The molecule has 0 fully saturated rings. The van der Waals surface area contributed by atoms with E-state index in [0.717, 1.165) is 0 Å². The van der Waals surface area contributed by atoms with Crippen molar-refractivity contribution in [2.75, 3.05) is 11.3 Å². The smallest absolute Gasteiger partial charge is 0.338 e. The van der Waals surface area contributed by atoms with Crippen molar-refractivity contribution in [2.45, 2.75) is 11.8 Å². The highest BCUT2D eigenvalue weighted by atomic mass is 79.9. The van der Waals surface area contributed by atoms with Crippen LogP contribution < -0.4 is 10.5 Å². The van der Waals surface area contributed by atoms with Gasteiger partial charge in [-0.3, -0.25) is 9.52 Å². The predicted molar refractivity (Wildman–Crippen MR) is 95.9 cm³/mol. The van der Waals surface area contributed by atoms with Crippen LogP contribution in [0.5, 0.6) is 0 Å². The highest BCUT2D eigenvalue weighted by Gasteiger charge is 2.20. The van der Waals surface area contributed by atoms with Gasteiger partial charge in [0.1, 0.15) is 4.90 Å². The molecule has 0 atom stereocenters. The van der Waals surface area contributed by atoms with E-state index in [-0.39, 0.29) is 32.8 Å². The standard InChI is InChI=1S/C16H15BrN2O5S/c1-2-24-16(21)11-5-8-14(13(17)9-11)25(22,23)19-12-6-3-10(4-7-12)15(18)20/h3-9,19H,2H2,1H3,(H2,18,20). The molecule has 7 nitrogen and oxygen atoms in total.